The number of hydrogen-bond donors (Lipinski definition) is 0. The number of piperazine rings is 1. The Kier molecular flexibility index (Phi) is 6.52. The van der Waals surface area contributed by atoms with Gasteiger partial charge < -0.3 is 9.42 Å². The lowest BCUT2D eigenvalue weighted by atomic mass is 10.2. The number of carbonyl (C=O) groups excluding carboxylic acids is 1. The molecule has 1 aliphatic rings. The fourth-order valence-corrected chi connectivity index (χ4v) is 7.12. The average molecular weight is 478 g/mol. The largest absolute Gasteiger partial charge is 0.360 e. The van der Waals surface area contributed by atoms with Crippen molar-refractivity contribution >= 4 is 39.0 Å². The van der Waals surface area contributed by atoms with Gasteiger partial charge in [0.25, 0.3) is 5.91 Å². The molecule has 7 nitrogen and oxygen atoms in total. The van der Waals surface area contributed by atoms with Gasteiger partial charge in [-0.2, -0.15) is 4.31 Å². The summed E-state index contributed by atoms with van der Waals surface area (Å²) in [6, 6.07) is 11.7. The van der Waals surface area contributed by atoms with Gasteiger partial charge in [0, 0.05) is 41.7 Å². The van der Waals surface area contributed by atoms with Crippen LogP contribution in [0.2, 0.25) is 0 Å². The van der Waals surface area contributed by atoms with Crippen LogP contribution in [0.1, 0.15) is 26.7 Å². The third-order valence-corrected chi connectivity index (χ3v) is 9.48. The lowest BCUT2D eigenvalue weighted by Crippen LogP contribution is -2.50. The highest BCUT2D eigenvalue weighted by Gasteiger charge is 2.34. The third kappa shape index (κ3) is 4.57. The summed E-state index contributed by atoms with van der Waals surface area (Å²) in [4.78, 5) is 17.2. The van der Waals surface area contributed by atoms with E-state index in [4.69, 9.17) is 4.52 Å². The summed E-state index contributed by atoms with van der Waals surface area (Å²) < 4.78 is 32.5. The number of thiophene rings is 1. The van der Waals surface area contributed by atoms with Gasteiger partial charge in [-0.15, -0.1) is 23.1 Å². The van der Waals surface area contributed by atoms with Crippen LogP contribution in [-0.4, -0.2) is 54.9 Å². The van der Waals surface area contributed by atoms with Gasteiger partial charge in [0.05, 0.1) is 5.56 Å². The van der Waals surface area contributed by atoms with Crippen molar-refractivity contribution in [2.45, 2.75) is 29.4 Å². The molecule has 1 saturated heterocycles. The Morgan fingerprint density at radius 3 is 2.52 bits per heavy atom. The predicted molar refractivity (Wildman–Crippen MR) is 121 cm³/mol. The molecule has 2 aromatic heterocycles. The van der Waals surface area contributed by atoms with Crippen molar-refractivity contribution in [1.29, 1.82) is 0 Å². The number of aromatic nitrogens is 1. The quantitative estimate of drug-likeness (QED) is 0.502. The summed E-state index contributed by atoms with van der Waals surface area (Å²) in [5.74, 6) is 1.03. The fourth-order valence-electron chi connectivity index (χ4n) is 3.59. The normalized spacial score (nSPS) is 15.4. The van der Waals surface area contributed by atoms with Crippen LogP contribution in [0.15, 0.2) is 56.1 Å². The first-order chi connectivity index (χ1) is 14.9. The second-order valence-corrected chi connectivity index (χ2v) is 11.1. The molecule has 0 aliphatic carbocycles. The molecule has 0 N–H and O–H groups in total. The Balaban J connectivity index is 1.44. The van der Waals surface area contributed by atoms with Gasteiger partial charge >= 0.3 is 0 Å². The topological polar surface area (TPSA) is 83.7 Å². The zero-order chi connectivity index (χ0) is 22.0. The molecule has 3 aromatic rings. The molecule has 1 aliphatic heterocycles. The average Bonchev–Trinajstić information content (AvgIpc) is 3.41. The minimum atomic E-state index is -3.70. The molecular formula is C21H23N3O4S3. The van der Waals surface area contributed by atoms with Crippen molar-refractivity contribution in [1.82, 2.24) is 14.4 Å². The highest BCUT2D eigenvalue weighted by molar-refractivity contribution is 7.98. The van der Waals surface area contributed by atoms with Crippen molar-refractivity contribution < 1.29 is 17.7 Å². The van der Waals surface area contributed by atoms with E-state index in [1.165, 1.54) is 9.18 Å². The molecule has 4 rings (SSSR count). The molecule has 31 heavy (non-hydrogen) atoms. The SMILES string of the molecule is Cc1noc(C)c1S(=O)(=O)N1CCN(C(=O)c2ccccc2SCc2cccs2)CC1. The van der Waals surface area contributed by atoms with Gasteiger partial charge in [0.1, 0.15) is 10.6 Å². The molecule has 10 heteroatoms. The smallest absolute Gasteiger partial charge is 0.255 e. The molecule has 3 heterocycles. The molecule has 0 spiro atoms. The lowest BCUT2D eigenvalue weighted by Gasteiger charge is -2.34. The Morgan fingerprint density at radius 1 is 1.13 bits per heavy atom. The summed E-state index contributed by atoms with van der Waals surface area (Å²) in [6.45, 7) is 4.37. The summed E-state index contributed by atoms with van der Waals surface area (Å²) >= 11 is 3.34. The monoisotopic (exact) mass is 477 g/mol. The summed E-state index contributed by atoms with van der Waals surface area (Å²) in [5.41, 5.74) is 1.01. The van der Waals surface area contributed by atoms with Gasteiger partial charge in [-0.3, -0.25) is 4.79 Å². The minimum absolute atomic E-state index is 0.0660. The van der Waals surface area contributed by atoms with E-state index < -0.39 is 10.0 Å². The Morgan fingerprint density at radius 2 is 1.87 bits per heavy atom. The second kappa shape index (κ2) is 9.15. The summed E-state index contributed by atoms with van der Waals surface area (Å²) in [5, 5.41) is 5.80. The molecular weight excluding hydrogens is 454 g/mol. The first-order valence-electron chi connectivity index (χ1n) is 9.84. The van der Waals surface area contributed by atoms with Crippen LogP contribution < -0.4 is 0 Å². The maximum atomic E-state index is 13.2. The van der Waals surface area contributed by atoms with Crippen molar-refractivity contribution in [3.05, 3.63) is 63.7 Å². The molecule has 0 saturated carbocycles. The van der Waals surface area contributed by atoms with Gasteiger partial charge in [-0.05, 0) is 37.4 Å². The van der Waals surface area contributed by atoms with E-state index in [0.29, 0.717) is 24.3 Å². The van der Waals surface area contributed by atoms with E-state index in [2.05, 4.69) is 11.2 Å². The Hall–Kier alpha value is -2.14. The van der Waals surface area contributed by atoms with Crippen LogP contribution in [-0.2, 0) is 15.8 Å². The number of hydrogen-bond acceptors (Lipinski definition) is 7. The van der Waals surface area contributed by atoms with E-state index in [1.807, 2.05) is 35.7 Å². The molecule has 1 aromatic carbocycles. The number of carbonyl (C=O) groups is 1. The molecule has 0 bridgehead atoms. The fraction of sp³-hybridized carbons (Fsp3) is 0.333. The maximum Gasteiger partial charge on any atom is 0.255 e. The van der Waals surface area contributed by atoms with E-state index in [9.17, 15) is 13.2 Å². The first-order valence-corrected chi connectivity index (χ1v) is 13.1. The second-order valence-electron chi connectivity index (χ2n) is 7.21. The van der Waals surface area contributed by atoms with Crippen LogP contribution in [0.3, 0.4) is 0 Å². The number of nitrogens with zero attached hydrogens (tertiary/aromatic N) is 3. The molecule has 164 valence electrons. The van der Waals surface area contributed by atoms with E-state index >= 15 is 0 Å². The molecule has 0 unspecified atom stereocenters. The zero-order valence-electron chi connectivity index (χ0n) is 17.3. The lowest BCUT2D eigenvalue weighted by molar-refractivity contribution is 0.0694. The maximum absolute atomic E-state index is 13.2. The van der Waals surface area contributed by atoms with Gasteiger partial charge in [-0.1, -0.05) is 23.4 Å². The van der Waals surface area contributed by atoms with Gasteiger partial charge in [0.2, 0.25) is 10.0 Å². The molecule has 1 amide bonds. The highest BCUT2D eigenvalue weighted by atomic mass is 32.2. The zero-order valence-corrected chi connectivity index (χ0v) is 19.7. The van der Waals surface area contributed by atoms with Crippen LogP contribution in [0.5, 0.6) is 0 Å². The van der Waals surface area contributed by atoms with Crippen molar-refractivity contribution in [3.8, 4) is 0 Å². The number of benzene rings is 1. The predicted octanol–water partition coefficient (Wildman–Crippen LogP) is 3.79. The number of amides is 1. The van der Waals surface area contributed by atoms with Crippen molar-refractivity contribution in [3.63, 3.8) is 0 Å². The Bertz CT molecular complexity index is 1140. The first kappa shape index (κ1) is 22.1. The molecule has 1 fully saturated rings. The van der Waals surface area contributed by atoms with Crippen molar-refractivity contribution in [2.24, 2.45) is 0 Å². The van der Waals surface area contributed by atoms with E-state index in [-0.39, 0.29) is 29.7 Å². The summed E-state index contributed by atoms with van der Waals surface area (Å²) in [6.07, 6.45) is 0. The van der Waals surface area contributed by atoms with Crippen LogP contribution in [0.4, 0.5) is 0 Å². The summed E-state index contributed by atoms with van der Waals surface area (Å²) in [7, 11) is -3.70. The van der Waals surface area contributed by atoms with E-state index in [1.54, 1.807) is 41.8 Å². The van der Waals surface area contributed by atoms with Crippen LogP contribution in [0.25, 0.3) is 0 Å². The number of aryl methyl sites for hydroxylation is 2. The van der Waals surface area contributed by atoms with Crippen LogP contribution in [0, 0.1) is 13.8 Å². The number of sulfonamides is 1. The number of rotatable bonds is 6. The van der Waals surface area contributed by atoms with E-state index in [0.717, 1.165) is 10.6 Å². The highest BCUT2D eigenvalue weighted by Crippen LogP contribution is 2.29. The molecule has 0 atom stereocenters. The third-order valence-electron chi connectivity index (χ3n) is 5.16. The van der Waals surface area contributed by atoms with Gasteiger partial charge in [-0.25, -0.2) is 8.42 Å². The van der Waals surface area contributed by atoms with Crippen LogP contribution >= 0.6 is 23.1 Å². The standard InChI is InChI=1S/C21H23N3O4S3/c1-15-20(16(2)28-22-15)31(26,27)24-11-9-23(10-12-24)21(25)18-7-3-4-8-19(18)30-14-17-6-5-13-29-17/h3-8,13H,9-12,14H2,1-2H3. The minimum Gasteiger partial charge on any atom is -0.360 e. The Labute approximate surface area is 190 Å². The molecule has 0 radical (unpaired) electrons. The van der Waals surface area contributed by atoms with Gasteiger partial charge in [0.15, 0.2) is 5.76 Å². The number of thioether (sulfide) groups is 1. The van der Waals surface area contributed by atoms with Crippen molar-refractivity contribution in [2.75, 3.05) is 26.2 Å².